The van der Waals surface area contributed by atoms with Crippen molar-refractivity contribution in [3.05, 3.63) is 30.3 Å². The first-order valence-electron chi connectivity index (χ1n) is 3.90. The Hall–Kier alpha value is -0.780. The molecular weight excluding hydrogens is 259 g/mol. The molecule has 0 saturated carbocycles. The van der Waals surface area contributed by atoms with Crippen molar-refractivity contribution < 1.29 is 8.42 Å². The van der Waals surface area contributed by atoms with Crippen LogP contribution >= 0.6 is 23.2 Å². The fourth-order valence-corrected chi connectivity index (χ4v) is 1.74. The van der Waals surface area contributed by atoms with E-state index in [1.54, 1.807) is 18.2 Å². The summed E-state index contributed by atoms with van der Waals surface area (Å²) in [6, 6.07) is 7.86. The molecule has 0 atom stereocenters. The molecule has 0 aliphatic rings. The molecule has 1 rings (SSSR count). The predicted molar refractivity (Wildman–Crippen MR) is 60.7 cm³/mol. The zero-order valence-electron chi connectivity index (χ0n) is 7.47. The second kappa shape index (κ2) is 5.34. The first-order chi connectivity index (χ1) is 7.02. The lowest BCUT2D eigenvalue weighted by atomic mass is 10.4. The van der Waals surface area contributed by atoms with Crippen molar-refractivity contribution in [2.24, 2.45) is 5.10 Å². The summed E-state index contributed by atoms with van der Waals surface area (Å²) in [6.07, 6.45) is 1.07. The number of hydrazone groups is 1. The summed E-state index contributed by atoms with van der Waals surface area (Å²) in [5.41, 5.74) is 0. The van der Waals surface area contributed by atoms with Gasteiger partial charge >= 0.3 is 0 Å². The van der Waals surface area contributed by atoms with Gasteiger partial charge in [-0.3, -0.25) is 0 Å². The maximum atomic E-state index is 11.5. The summed E-state index contributed by atoms with van der Waals surface area (Å²) in [4.78, 5) is 1.26. The van der Waals surface area contributed by atoms with E-state index in [0.717, 1.165) is 6.21 Å². The normalized spacial score (nSPS) is 12.2. The molecule has 0 saturated heterocycles. The zero-order valence-corrected chi connectivity index (χ0v) is 9.80. The Balaban J connectivity index is 2.78. The summed E-state index contributed by atoms with van der Waals surface area (Å²) < 4.78 is 23.0. The SMILES string of the molecule is O=S(=O)(N/N=C\C(Cl)Cl)c1ccccc1. The molecular formula is C8H8Cl2N2O2S. The van der Waals surface area contributed by atoms with Gasteiger partial charge in [0, 0.05) is 0 Å². The van der Waals surface area contributed by atoms with Gasteiger partial charge < -0.3 is 0 Å². The van der Waals surface area contributed by atoms with Gasteiger partial charge in [-0.1, -0.05) is 41.4 Å². The van der Waals surface area contributed by atoms with E-state index in [1.807, 2.05) is 4.83 Å². The predicted octanol–water partition coefficient (Wildman–Crippen LogP) is 1.75. The molecule has 1 aromatic carbocycles. The maximum Gasteiger partial charge on any atom is 0.276 e. The van der Waals surface area contributed by atoms with Crippen molar-refractivity contribution in [3.63, 3.8) is 0 Å². The molecule has 0 aliphatic carbocycles. The van der Waals surface area contributed by atoms with Crippen molar-refractivity contribution in [2.45, 2.75) is 9.73 Å². The molecule has 1 aromatic rings. The van der Waals surface area contributed by atoms with E-state index in [9.17, 15) is 8.42 Å². The number of hydrogen-bond donors (Lipinski definition) is 1. The summed E-state index contributed by atoms with van der Waals surface area (Å²) in [6.45, 7) is 0. The van der Waals surface area contributed by atoms with E-state index in [4.69, 9.17) is 23.2 Å². The minimum absolute atomic E-state index is 0.128. The Morgan fingerprint density at radius 2 is 1.87 bits per heavy atom. The maximum absolute atomic E-state index is 11.5. The fourth-order valence-electron chi connectivity index (χ4n) is 0.809. The molecule has 7 heteroatoms. The molecule has 82 valence electrons. The van der Waals surface area contributed by atoms with Crippen LogP contribution in [0, 0.1) is 0 Å². The van der Waals surface area contributed by atoms with E-state index >= 15 is 0 Å². The Morgan fingerprint density at radius 3 is 2.40 bits per heavy atom. The van der Waals surface area contributed by atoms with E-state index in [2.05, 4.69) is 5.10 Å². The first kappa shape index (κ1) is 12.3. The van der Waals surface area contributed by atoms with Crippen LogP contribution in [-0.4, -0.2) is 19.5 Å². The standard InChI is InChI=1S/C8H8Cl2N2O2S/c9-8(10)6-11-12-15(13,14)7-4-2-1-3-5-7/h1-6,8,12H/b11-6-. The van der Waals surface area contributed by atoms with Crippen LogP contribution in [0.3, 0.4) is 0 Å². The molecule has 0 spiro atoms. The van der Waals surface area contributed by atoms with Crippen LogP contribution in [0.15, 0.2) is 40.3 Å². The molecule has 4 nitrogen and oxygen atoms in total. The highest BCUT2D eigenvalue weighted by molar-refractivity contribution is 7.89. The van der Waals surface area contributed by atoms with Crippen LogP contribution in [0.2, 0.25) is 0 Å². The minimum atomic E-state index is -3.62. The second-order valence-electron chi connectivity index (χ2n) is 2.52. The van der Waals surface area contributed by atoms with Gasteiger partial charge in [0.25, 0.3) is 10.0 Å². The Labute approximate surface area is 97.9 Å². The highest BCUT2D eigenvalue weighted by Crippen LogP contribution is 2.06. The summed E-state index contributed by atoms with van der Waals surface area (Å²) in [7, 11) is -3.62. The molecule has 0 amide bonds. The van der Waals surface area contributed by atoms with Gasteiger partial charge in [0.15, 0.2) is 0 Å². The average Bonchev–Trinajstić information content (AvgIpc) is 2.18. The molecule has 0 radical (unpaired) electrons. The average molecular weight is 267 g/mol. The van der Waals surface area contributed by atoms with Crippen molar-refractivity contribution in [1.29, 1.82) is 0 Å². The molecule has 0 heterocycles. The third kappa shape index (κ3) is 4.07. The number of nitrogens with zero attached hydrogens (tertiary/aromatic N) is 1. The molecule has 0 aliphatic heterocycles. The molecule has 0 bridgehead atoms. The largest absolute Gasteiger partial charge is 0.276 e. The lowest BCUT2D eigenvalue weighted by Gasteiger charge is -2.02. The van der Waals surface area contributed by atoms with Gasteiger partial charge in [0.2, 0.25) is 0 Å². The van der Waals surface area contributed by atoms with Gasteiger partial charge in [-0.25, -0.2) is 4.83 Å². The highest BCUT2D eigenvalue weighted by atomic mass is 35.5. The third-order valence-corrected chi connectivity index (χ3v) is 2.88. The highest BCUT2D eigenvalue weighted by Gasteiger charge is 2.10. The fraction of sp³-hybridized carbons (Fsp3) is 0.125. The van der Waals surface area contributed by atoms with Crippen molar-refractivity contribution in [1.82, 2.24) is 4.83 Å². The number of halogens is 2. The number of alkyl halides is 2. The molecule has 0 fully saturated rings. The topological polar surface area (TPSA) is 58.5 Å². The van der Waals surface area contributed by atoms with E-state index in [-0.39, 0.29) is 4.90 Å². The van der Waals surface area contributed by atoms with Gasteiger partial charge in [-0.2, -0.15) is 13.5 Å². The third-order valence-electron chi connectivity index (χ3n) is 1.41. The summed E-state index contributed by atoms with van der Waals surface area (Å²) in [5.74, 6) is 0. The summed E-state index contributed by atoms with van der Waals surface area (Å²) >= 11 is 10.7. The quantitative estimate of drug-likeness (QED) is 0.513. The number of benzene rings is 1. The molecule has 1 N–H and O–H groups in total. The van der Waals surface area contributed by atoms with Crippen molar-refractivity contribution in [3.8, 4) is 0 Å². The second-order valence-corrected chi connectivity index (χ2v) is 5.35. The summed E-state index contributed by atoms with van der Waals surface area (Å²) in [5, 5.41) is 3.39. The van der Waals surface area contributed by atoms with Crippen LogP contribution in [0.1, 0.15) is 0 Å². The Morgan fingerprint density at radius 1 is 1.27 bits per heavy atom. The molecule has 15 heavy (non-hydrogen) atoms. The van der Waals surface area contributed by atoms with Crippen molar-refractivity contribution in [2.75, 3.05) is 0 Å². The Kier molecular flexibility index (Phi) is 4.38. The smallest absolute Gasteiger partial charge is 0.200 e. The van der Waals surface area contributed by atoms with Gasteiger partial charge in [0.05, 0.1) is 11.1 Å². The first-order valence-corrected chi connectivity index (χ1v) is 6.26. The van der Waals surface area contributed by atoms with Crippen LogP contribution in [0.25, 0.3) is 0 Å². The Bertz CT molecular complexity index is 431. The van der Waals surface area contributed by atoms with Gasteiger partial charge in [-0.05, 0) is 12.1 Å². The zero-order chi connectivity index (χ0) is 11.3. The number of hydrogen-bond acceptors (Lipinski definition) is 3. The van der Waals surface area contributed by atoms with Gasteiger partial charge in [0.1, 0.15) is 4.84 Å². The number of nitrogens with one attached hydrogen (secondary N) is 1. The molecule has 0 unspecified atom stereocenters. The minimum Gasteiger partial charge on any atom is -0.200 e. The number of sulfonamides is 1. The van der Waals surface area contributed by atoms with Crippen LogP contribution in [0.4, 0.5) is 0 Å². The van der Waals surface area contributed by atoms with Crippen LogP contribution < -0.4 is 4.83 Å². The van der Waals surface area contributed by atoms with E-state index in [0.29, 0.717) is 0 Å². The monoisotopic (exact) mass is 266 g/mol. The van der Waals surface area contributed by atoms with Gasteiger partial charge in [-0.15, -0.1) is 0 Å². The van der Waals surface area contributed by atoms with Crippen LogP contribution in [-0.2, 0) is 10.0 Å². The lowest BCUT2D eigenvalue weighted by molar-refractivity contribution is 0.584. The van der Waals surface area contributed by atoms with Crippen molar-refractivity contribution >= 4 is 39.4 Å². The van der Waals surface area contributed by atoms with E-state index in [1.165, 1.54) is 12.1 Å². The lowest BCUT2D eigenvalue weighted by Crippen LogP contribution is -2.18. The molecule has 0 aromatic heterocycles. The van der Waals surface area contributed by atoms with Crippen LogP contribution in [0.5, 0.6) is 0 Å². The van der Waals surface area contributed by atoms with E-state index < -0.39 is 14.9 Å². The number of rotatable bonds is 4.